The van der Waals surface area contributed by atoms with Crippen LogP contribution in [0.15, 0.2) is 48.8 Å². The number of urea groups is 1. The standard InChI is InChI=1S/C21H25N5O2/c27-19(18-13-21(18)6-10-23-11-7-21)25-16-2-1-3-17(12-16)26-20(28)24-14-15-4-8-22-9-5-15/h1-5,8-9,12,18,23H,6-7,10-11,13-14H2,(H,25,27)(H2,24,26,28). The van der Waals surface area contributed by atoms with Crippen LogP contribution in [-0.2, 0) is 11.3 Å². The third-order valence-corrected chi connectivity index (χ3v) is 5.70. The van der Waals surface area contributed by atoms with E-state index in [9.17, 15) is 9.59 Å². The van der Waals surface area contributed by atoms with Gasteiger partial charge in [-0.3, -0.25) is 9.78 Å². The summed E-state index contributed by atoms with van der Waals surface area (Å²) in [6, 6.07) is 10.6. The molecule has 3 amide bonds. The second-order valence-corrected chi connectivity index (χ2v) is 7.60. The van der Waals surface area contributed by atoms with E-state index >= 15 is 0 Å². The molecule has 2 fully saturated rings. The van der Waals surface area contributed by atoms with E-state index < -0.39 is 0 Å². The van der Waals surface area contributed by atoms with Crippen molar-refractivity contribution in [3.05, 3.63) is 54.4 Å². The third-order valence-electron chi connectivity index (χ3n) is 5.70. The SMILES string of the molecule is O=C(NCc1ccncc1)Nc1cccc(NC(=O)C2CC23CCNCC3)c1. The molecule has 1 aromatic heterocycles. The minimum atomic E-state index is -0.295. The smallest absolute Gasteiger partial charge is 0.319 e. The van der Waals surface area contributed by atoms with E-state index in [1.165, 1.54) is 0 Å². The Balaban J connectivity index is 1.29. The van der Waals surface area contributed by atoms with Crippen LogP contribution in [0.2, 0.25) is 0 Å². The zero-order valence-corrected chi connectivity index (χ0v) is 15.7. The first-order chi connectivity index (χ1) is 13.6. The molecule has 2 heterocycles. The molecular weight excluding hydrogens is 354 g/mol. The van der Waals surface area contributed by atoms with Gasteiger partial charge in [-0.25, -0.2) is 4.79 Å². The number of rotatable bonds is 5. The first-order valence-corrected chi connectivity index (χ1v) is 9.70. The Labute approximate surface area is 164 Å². The highest BCUT2D eigenvalue weighted by atomic mass is 16.2. The monoisotopic (exact) mass is 379 g/mol. The first kappa shape index (κ1) is 18.4. The molecule has 2 aromatic rings. The van der Waals surface area contributed by atoms with E-state index in [1.807, 2.05) is 24.3 Å². The van der Waals surface area contributed by atoms with E-state index in [2.05, 4.69) is 26.3 Å². The van der Waals surface area contributed by atoms with Gasteiger partial charge in [-0.05, 0) is 73.7 Å². The highest BCUT2D eigenvalue weighted by Gasteiger charge is 2.57. The summed E-state index contributed by atoms with van der Waals surface area (Å²) in [6.45, 7) is 2.42. The van der Waals surface area contributed by atoms with E-state index in [0.717, 1.165) is 37.9 Å². The van der Waals surface area contributed by atoms with Crippen LogP contribution in [0.4, 0.5) is 16.2 Å². The maximum atomic E-state index is 12.6. The molecule has 2 aliphatic rings. The predicted octanol–water partition coefficient (Wildman–Crippen LogP) is 2.73. The fourth-order valence-corrected chi connectivity index (χ4v) is 3.96. The van der Waals surface area contributed by atoms with Gasteiger partial charge in [0, 0.05) is 36.2 Å². The van der Waals surface area contributed by atoms with Crippen LogP contribution in [0.1, 0.15) is 24.8 Å². The van der Waals surface area contributed by atoms with E-state index in [0.29, 0.717) is 17.9 Å². The maximum Gasteiger partial charge on any atom is 0.319 e. The van der Waals surface area contributed by atoms with Crippen molar-refractivity contribution in [3.63, 3.8) is 0 Å². The summed E-state index contributed by atoms with van der Waals surface area (Å²) >= 11 is 0. The number of carbonyl (C=O) groups excluding carboxylic acids is 2. The van der Waals surface area contributed by atoms with Gasteiger partial charge in [0.15, 0.2) is 0 Å². The van der Waals surface area contributed by atoms with Gasteiger partial charge in [-0.2, -0.15) is 0 Å². The molecule has 4 rings (SSSR count). The molecule has 146 valence electrons. The average molecular weight is 379 g/mol. The molecule has 1 spiro atoms. The van der Waals surface area contributed by atoms with E-state index in [4.69, 9.17) is 0 Å². The number of aromatic nitrogens is 1. The molecule has 1 atom stereocenters. The summed E-state index contributed by atoms with van der Waals surface area (Å²) in [6.07, 6.45) is 6.51. The molecule has 0 bridgehead atoms. The van der Waals surface area contributed by atoms with Crippen LogP contribution >= 0.6 is 0 Å². The third kappa shape index (κ3) is 4.31. The van der Waals surface area contributed by atoms with Crippen molar-refractivity contribution < 1.29 is 9.59 Å². The quantitative estimate of drug-likeness (QED) is 0.642. The lowest BCUT2D eigenvalue weighted by atomic mass is 9.92. The van der Waals surface area contributed by atoms with Gasteiger partial charge in [-0.15, -0.1) is 0 Å². The number of hydrogen-bond acceptors (Lipinski definition) is 4. The Morgan fingerprint density at radius 1 is 1.07 bits per heavy atom. The number of amides is 3. The second kappa shape index (κ2) is 7.98. The number of nitrogens with zero attached hydrogens (tertiary/aromatic N) is 1. The van der Waals surface area contributed by atoms with Crippen molar-refractivity contribution in [1.29, 1.82) is 0 Å². The Bertz CT molecular complexity index is 849. The molecule has 1 unspecified atom stereocenters. The van der Waals surface area contributed by atoms with Crippen molar-refractivity contribution in [1.82, 2.24) is 15.6 Å². The topological polar surface area (TPSA) is 95.2 Å². The van der Waals surface area contributed by atoms with E-state index in [-0.39, 0.29) is 23.3 Å². The molecule has 1 saturated carbocycles. The summed E-state index contributed by atoms with van der Waals surface area (Å²) in [5.41, 5.74) is 2.52. The molecular formula is C21H25N5O2. The Morgan fingerprint density at radius 3 is 2.54 bits per heavy atom. The maximum absolute atomic E-state index is 12.6. The highest BCUT2D eigenvalue weighted by molar-refractivity contribution is 5.96. The molecule has 7 heteroatoms. The summed E-state index contributed by atoms with van der Waals surface area (Å²) in [7, 11) is 0. The number of benzene rings is 1. The van der Waals surface area contributed by atoms with Gasteiger partial charge in [-0.1, -0.05) is 6.07 Å². The van der Waals surface area contributed by atoms with E-state index in [1.54, 1.807) is 24.5 Å². The zero-order chi connectivity index (χ0) is 19.4. The minimum Gasteiger partial charge on any atom is -0.334 e. The fourth-order valence-electron chi connectivity index (χ4n) is 3.96. The molecule has 1 aliphatic carbocycles. The number of carbonyl (C=O) groups is 2. The van der Waals surface area contributed by atoms with Crippen molar-refractivity contribution in [2.45, 2.75) is 25.8 Å². The van der Waals surface area contributed by atoms with Gasteiger partial charge in [0.25, 0.3) is 0 Å². The summed E-state index contributed by atoms with van der Waals surface area (Å²) in [5, 5.41) is 12.0. The average Bonchev–Trinajstić information content (AvgIpc) is 3.41. The number of piperidine rings is 1. The molecule has 7 nitrogen and oxygen atoms in total. The van der Waals surface area contributed by atoms with Crippen LogP contribution in [0.3, 0.4) is 0 Å². The summed E-state index contributed by atoms with van der Waals surface area (Å²) < 4.78 is 0. The number of hydrogen-bond donors (Lipinski definition) is 4. The minimum absolute atomic E-state index is 0.0844. The Kier molecular flexibility index (Phi) is 5.25. The lowest BCUT2D eigenvalue weighted by molar-refractivity contribution is -0.118. The van der Waals surface area contributed by atoms with Gasteiger partial charge < -0.3 is 21.3 Å². The lowest BCUT2D eigenvalue weighted by Gasteiger charge is -2.23. The normalized spacial score (nSPS) is 19.6. The number of anilines is 2. The van der Waals surface area contributed by atoms with Crippen LogP contribution in [-0.4, -0.2) is 30.0 Å². The van der Waals surface area contributed by atoms with Gasteiger partial charge in [0.1, 0.15) is 0 Å². The molecule has 4 N–H and O–H groups in total. The number of pyridine rings is 1. The fraction of sp³-hybridized carbons (Fsp3) is 0.381. The molecule has 0 radical (unpaired) electrons. The summed E-state index contributed by atoms with van der Waals surface area (Å²) in [4.78, 5) is 28.7. The Morgan fingerprint density at radius 2 is 1.79 bits per heavy atom. The van der Waals surface area contributed by atoms with Crippen molar-refractivity contribution in [2.75, 3.05) is 23.7 Å². The molecule has 1 aromatic carbocycles. The van der Waals surface area contributed by atoms with Gasteiger partial charge in [0.2, 0.25) is 5.91 Å². The summed E-state index contributed by atoms with van der Waals surface area (Å²) in [5.74, 6) is 0.191. The predicted molar refractivity (Wildman–Crippen MR) is 108 cm³/mol. The van der Waals surface area contributed by atoms with Crippen LogP contribution in [0.5, 0.6) is 0 Å². The largest absolute Gasteiger partial charge is 0.334 e. The van der Waals surface area contributed by atoms with Crippen LogP contribution in [0, 0.1) is 11.3 Å². The molecule has 28 heavy (non-hydrogen) atoms. The zero-order valence-electron chi connectivity index (χ0n) is 15.7. The first-order valence-electron chi connectivity index (χ1n) is 9.70. The highest BCUT2D eigenvalue weighted by Crippen LogP contribution is 2.58. The van der Waals surface area contributed by atoms with Gasteiger partial charge >= 0.3 is 6.03 Å². The van der Waals surface area contributed by atoms with Gasteiger partial charge in [0.05, 0.1) is 0 Å². The molecule has 1 aliphatic heterocycles. The second-order valence-electron chi connectivity index (χ2n) is 7.60. The van der Waals surface area contributed by atoms with Crippen molar-refractivity contribution >= 4 is 23.3 Å². The number of nitrogens with one attached hydrogen (secondary N) is 4. The molecule has 1 saturated heterocycles. The van der Waals surface area contributed by atoms with Crippen LogP contribution < -0.4 is 21.3 Å². The van der Waals surface area contributed by atoms with Crippen molar-refractivity contribution in [2.24, 2.45) is 11.3 Å². The van der Waals surface area contributed by atoms with Crippen molar-refractivity contribution in [3.8, 4) is 0 Å². The Hall–Kier alpha value is -2.93. The lowest BCUT2D eigenvalue weighted by Crippen LogP contribution is -2.31. The van der Waals surface area contributed by atoms with Crippen LogP contribution in [0.25, 0.3) is 0 Å².